The molecule has 0 spiro atoms. The number of nitrogens with zero attached hydrogens (tertiary/aromatic N) is 2. The van der Waals surface area contributed by atoms with Crippen LogP contribution >= 0.6 is 0 Å². The summed E-state index contributed by atoms with van der Waals surface area (Å²) in [7, 11) is 4.04. The molecule has 17 heavy (non-hydrogen) atoms. The maximum Gasteiger partial charge on any atom is 0.231 e. The molecule has 0 saturated carbocycles. The Morgan fingerprint density at radius 3 is 2.82 bits per heavy atom. The predicted octanol–water partition coefficient (Wildman–Crippen LogP) is 2.32. The Balaban J connectivity index is 2.21. The van der Waals surface area contributed by atoms with E-state index in [1.165, 1.54) is 0 Å². The fourth-order valence-corrected chi connectivity index (χ4v) is 2.04. The van der Waals surface area contributed by atoms with Crippen molar-refractivity contribution in [3.8, 4) is 17.6 Å². The molecule has 4 nitrogen and oxygen atoms in total. The molecule has 1 aromatic rings. The molecule has 0 aromatic heterocycles. The van der Waals surface area contributed by atoms with Crippen LogP contribution in [0.25, 0.3) is 0 Å². The van der Waals surface area contributed by atoms with E-state index in [9.17, 15) is 0 Å². The largest absolute Gasteiger partial charge is 0.454 e. The van der Waals surface area contributed by atoms with E-state index in [0.717, 1.165) is 23.5 Å². The van der Waals surface area contributed by atoms with Gasteiger partial charge in [0.15, 0.2) is 11.5 Å². The Morgan fingerprint density at radius 2 is 2.12 bits per heavy atom. The zero-order valence-corrected chi connectivity index (χ0v) is 10.1. The van der Waals surface area contributed by atoms with Crippen LogP contribution in [0.4, 0.5) is 0 Å². The number of hydrogen-bond acceptors (Lipinski definition) is 4. The average Bonchev–Trinajstić information content (AvgIpc) is 2.76. The van der Waals surface area contributed by atoms with Crippen LogP contribution in [-0.4, -0.2) is 25.8 Å². The van der Waals surface area contributed by atoms with Crippen molar-refractivity contribution < 1.29 is 9.47 Å². The predicted molar refractivity (Wildman–Crippen MR) is 63.8 cm³/mol. The highest BCUT2D eigenvalue weighted by atomic mass is 16.7. The van der Waals surface area contributed by atoms with Crippen LogP contribution in [0.1, 0.15) is 24.4 Å². The highest BCUT2D eigenvalue weighted by Gasteiger charge is 2.19. The Labute approximate surface area is 101 Å². The quantitative estimate of drug-likeness (QED) is 0.799. The second-order valence-electron chi connectivity index (χ2n) is 4.29. The first-order valence-corrected chi connectivity index (χ1v) is 5.65. The first kappa shape index (κ1) is 11.7. The van der Waals surface area contributed by atoms with Gasteiger partial charge in [-0.25, -0.2) is 0 Å². The molecule has 0 aliphatic carbocycles. The lowest BCUT2D eigenvalue weighted by Crippen LogP contribution is -2.19. The highest BCUT2D eigenvalue weighted by Crippen LogP contribution is 2.36. The number of fused-ring (bicyclic) bond motifs is 1. The standard InChI is InChI=1S/C13H16N2O2/c1-15(2)11(4-3-7-14)10-5-6-12-13(8-10)17-9-16-12/h5-6,8,11H,3-4,9H2,1-2H3. The first-order chi connectivity index (χ1) is 8.22. The summed E-state index contributed by atoms with van der Waals surface area (Å²) >= 11 is 0. The van der Waals surface area contributed by atoms with Gasteiger partial charge in [-0.2, -0.15) is 5.26 Å². The van der Waals surface area contributed by atoms with Crippen LogP contribution in [0.15, 0.2) is 18.2 Å². The number of benzene rings is 1. The first-order valence-electron chi connectivity index (χ1n) is 5.65. The molecular formula is C13H16N2O2. The van der Waals surface area contributed by atoms with Gasteiger partial charge in [0.05, 0.1) is 6.07 Å². The number of hydrogen-bond donors (Lipinski definition) is 0. The number of nitriles is 1. The molecule has 1 aliphatic rings. The molecule has 4 heteroatoms. The zero-order chi connectivity index (χ0) is 12.3. The zero-order valence-electron chi connectivity index (χ0n) is 10.1. The molecule has 1 unspecified atom stereocenters. The minimum atomic E-state index is 0.240. The normalized spacial score (nSPS) is 14.7. The smallest absolute Gasteiger partial charge is 0.231 e. The van der Waals surface area contributed by atoms with Crippen molar-refractivity contribution in [1.29, 1.82) is 5.26 Å². The maximum absolute atomic E-state index is 8.69. The van der Waals surface area contributed by atoms with E-state index in [0.29, 0.717) is 13.2 Å². The third kappa shape index (κ3) is 2.51. The summed E-state index contributed by atoms with van der Waals surface area (Å²) in [6.07, 6.45) is 1.38. The summed E-state index contributed by atoms with van der Waals surface area (Å²) in [4.78, 5) is 2.12. The summed E-state index contributed by atoms with van der Waals surface area (Å²) in [5.41, 5.74) is 1.16. The fraction of sp³-hybridized carbons (Fsp3) is 0.462. The topological polar surface area (TPSA) is 45.5 Å². The SMILES string of the molecule is CN(C)C(CCC#N)c1ccc2c(c1)OCO2. The van der Waals surface area contributed by atoms with Crippen LogP contribution in [0.3, 0.4) is 0 Å². The van der Waals surface area contributed by atoms with E-state index in [4.69, 9.17) is 14.7 Å². The molecule has 0 radical (unpaired) electrons. The second kappa shape index (κ2) is 5.07. The van der Waals surface area contributed by atoms with Gasteiger partial charge in [0.2, 0.25) is 6.79 Å². The summed E-state index contributed by atoms with van der Waals surface area (Å²) in [5.74, 6) is 1.60. The summed E-state index contributed by atoms with van der Waals surface area (Å²) in [6, 6.07) is 8.41. The minimum absolute atomic E-state index is 0.240. The van der Waals surface area contributed by atoms with Gasteiger partial charge >= 0.3 is 0 Å². The molecule has 1 atom stereocenters. The van der Waals surface area contributed by atoms with Crippen molar-refractivity contribution in [2.45, 2.75) is 18.9 Å². The van der Waals surface area contributed by atoms with E-state index < -0.39 is 0 Å². The Hall–Kier alpha value is -1.73. The monoisotopic (exact) mass is 232 g/mol. The molecule has 0 bridgehead atoms. The van der Waals surface area contributed by atoms with Crippen LogP contribution in [0.5, 0.6) is 11.5 Å². The molecule has 1 aliphatic heterocycles. The van der Waals surface area contributed by atoms with E-state index in [1.54, 1.807) is 0 Å². The molecule has 0 fully saturated rings. The molecule has 1 heterocycles. The Kier molecular flexibility index (Phi) is 3.50. The maximum atomic E-state index is 8.69. The van der Waals surface area contributed by atoms with Gasteiger partial charge in [0, 0.05) is 12.5 Å². The molecule has 0 amide bonds. The van der Waals surface area contributed by atoms with Crippen LogP contribution in [0.2, 0.25) is 0 Å². The van der Waals surface area contributed by atoms with E-state index >= 15 is 0 Å². The van der Waals surface area contributed by atoms with Gasteiger partial charge in [-0.05, 0) is 38.2 Å². The minimum Gasteiger partial charge on any atom is -0.454 e. The summed E-state index contributed by atoms with van der Waals surface area (Å²) in [5, 5.41) is 8.69. The van der Waals surface area contributed by atoms with Crippen molar-refractivity contribution in [2.24, 2.45) is 0 Å². The van der Waals surface area contributed by atoms with Crippen LogP contribution in [-0.2, 0) is 0 Å². The molecule has 0 N–H and O–H groups in total. The lowest BCUT2D eigenvalue weighted by atomic mass is 10.0. The molecule has 1 aromatic carbocycles. The van der Waals surface area contributed by atoms with E-state index in [2.05, 4.69) is 11.0 Å². The van der Waals surface area contributed by atoms with Gasteiger partial charge in [0.25, 0.3) is 0 Å². The molecule has 90 valence electrons. The van der Waals surface area contributed by atoms with Gasteiger partial charge in [-0.15, -0.1) is 0 Å². The van der Waals surface area contributed by atoms with Gasteiger partial charge < -0.3 is 14.4 Å². The van der Waals surface area contributed by atoms with Crippen molar-refractivity contribution >= 4 is 0 Å². The Morgan fingerprint density at radius 1 is 1.35 bits per heavy atom. The fourth-order valence-electron chi connectivity index (χ4n) is 2.04. The van der Waals surface area contributed by atoms with Crippen molar-refractivity contribution in [3.63, 3.8) is 0 Å². The lowest BCUT2D eigenvalue weighted by Gasteiger charge is -2.24. The van der Waals surface area contributed by atoms with Crippen LogP contribution < -0.4 is 9.47 Å². The van der Waals surface area contributed by atoms with Crippen molar-refractivity contribution in [1.82, 2.24) is 4.90 Å². The van der Waals surface area contributed by atoms with Gasteiger partial charge in [-0.1, -0.05) is 6.07 Å². The lowest BCUT2D eigenvalue weighted by molar-refractivity contribution is 0.174. The average molecular weight is 232 g/mol. The van der Waals surface area contributed by atoms with Crippen LogP contribution in [0, 0.1) is 11.3 Å². The van der Waals surface area contributed by atoms with Crippen molar-refractivity contribution in [3.05, 3.63) is 23.8 Å². The molecule has 0 saturated heterocycles. The van der Waals surface area contributed by atoms with Crippen molar-refractivity contribution in [2.75, 3.05) is 20.9 Å². The highest BCUT2D eigenvalue weighted by molar-refractivity contribution is 5.45. The summed E-state index contributed by atoms with van der Waals surface area (Å²) < 4.78 is 10.7. The van der Waals surface area contributed by atoms with Gasteiger partial charge in [-0.3, -0.25) is 0 Å². The second-order valence-corrected chi connectivity index (χ2v) is 4.29. The molecule has 2 rings (SSSR count). The van der Waals surface area contributed by atoms with E-state index in [-0.39, 0.29) is 6.04 Å². The van der Waals surface area contributed by atoms with Gasteiger partial charge in [0.1, 0.15) is 0 Å². The third-order valence-corrected chi connectivity index (χ3v) is 2.93. The third-order valence-electron chi connectivity index (χ3n) is 2.93. The summed E-state index contributed by atoms with van der Waals surface area (Å²) in [6.45, 7) is 0.295. The number of rotatable bonds is 4. The Bertz CT molecular complexity index is 438. The van der Waals surface area contributed by atoms with E-state index in [1.807, 2.05) is 32.3 Å². The number of ether oxygens (including phenoxy) is 2. The molecular weight excluding hydrogens is 216 g/mol.